The van der Waals surface area contributed by atoms with Gasteiger partial charge >= 0.3 is 0 Å². The zero-order chi connectivity index (χ0) is 20.9. The van der Waals surface area contributed by atoms with Gasteiger partial charge < -0.3 is 14.4 Å². The SMILES string of the molecule is COc1cccc(-n2c(SCC3CCCO3)nnc2C2CCN(CC(C)C)CC2)c1. The Morgan fingerprint density at radius 2 is 2.03 bits per heavy atom. The van der Waals surface area contributed by atoms with Crippen molar-refractivity contribution in [2.45, 2.75) is 56.7 Å². The minimum Gasteiger partial charge on any atom is -0.497 e. The van der Waals surface area contributed by atoms with E-state index >= 15 is 0 Å². The number of likely N-dealkylation sites (tertiary alicyclic amines) is 1. The molecule has 3 heterocycles. The highest BCUT2D eigenvalue weighted by Crippen LogP contribution is 2.33. The normalized spacial score (nSPS) is 20.9. The molecule has 0 amide bonds. The highest BCUT2D eigenvalue weighted by atomic mass is 32.2. The van der Waals surface area contributed by atoms with Crippen LogP contribution in [0.25, 0.3) is 5.69 Å². The number of ether oxygens (including phenoxy) is 2. The molecule has 0 spiro atoms. The fourth-order valence-corrected chi connectivity index (χ4v) is 5.49. The van der Waals surface area contributed by atoms with Gasteiger partial charge in [0.2, 0.25) is 0 Å². The second kappa shape index (κ2) is 10.2. The molecule has 164 valence electrons. The molecule has 2 fully saturated rings. The van der Waals surface area contributed by atoms with E-state index < -0.39 is 0 Å². The Hall–Kier alpha value is -1.57. The Morgan fingerprint density at radius 3 is 2.73 bits per heavy atom. The Labute approximate surface area is 184 Å². The smallest absolute Gasteiger partial charge is 0.195 e. The average Bonchev–Trinajstić information content (AvgIpc) is 3.42. The molecule has 1 unspecified atom stereocenters. The fourth-order valence-electron chi connectivity index (χ4n) is 4.46. The van der Waals surface area contributed by atoms with E-state index in [-0.39, 0.29) is 0 Å². The van der Waals surface area contributed by atoms with Crippen molar-refractivity contribution in [1.29, 1.82) is 0 Å². The molecule has 0 radical (unpaired) electrons. The van der Waals surface area contributed by atoms with E-state index in [1.54, 1.807) is 18.9 Å². The lowest BCUT2D eigenvalue weighted by Gasteiger charge is -2.32. The van der Waals surface area contributed by atoms with E-state index in [1.807, 2.05) is 12.1 Å². The number of piperidine rings is 1. The number of thioether (sulfide) groups is 1. The quantitative estimate of drug-likeness (QED) is 0.579. The molecular weight excluding hydrogens is 396 g/mol. The molecule has 1 aromatic carbocycles. The number of methoxy groups -OCH3 is 1. The average molecular weight is 431 g/mol. The Balaban J connectivity index is 1.56. The number of hydrogen-bond acceptors (Lipinski definition) is 6. The van der Waals surface area contributed by atoms with Crippen LogP contribution in [0.5, 0.6) is 5.75 Å². The number of benzene rings is 1. The molecule has 2 aromatic rings. The summed E-state index contributed by atoms with van der Waals surface area (Å²) in [5.41, 5.74) is 1.08. The largest absolute Gasteiger partial charge is 0.497 e. The van der Waals surface area contributed by atoms with Crippen LogP contribution in [0, 0.1) is 5.92 Å². The summed E-state index contributed by atoms with van der Waals surface area (Å²) in [6.45, 7) is 8.91. The van der Waals surface area contributed by atoms with Gasteiger partial charge in [0.25, 0.3) is 0 Å². The van der Waals surface area contributed by atoms with Gasteiger partial charge in [-0.25, -0.2) is 0 Å². The van der Waals surface area contributed by atoms with Crippen LogP contribution in [0.4, 0.5) is 0 Å². The summed E-state index contributed by atoms with van der Waals surface area (Å²) >= 11 is 1.76. The van der Waals surface area contributed by atoms with Crippen molar-refractivity contribution in [3.05, 3.63) is 30.1 Å². The van der Waals surface area contributed by atoms with Gasteiger partial charge in [-0.05, 0) is 56.8 Å². The summed E-state index contributed by atoms with van der Waals surface area (Å²) in [6.07, 6.45) is 4.89. The summed E-state index contributed by atoms with van der Waals surface area (Å²) < 4.78 is 13.6. The summed E-state index contributed by atoms with van der Waals surface area (Å²) in [5, 5.41) is 10.3. The van der Waals surface area contributed by atoms with Crippen molar-refractivity contribution in [3.8, 4) is 11.4 Å². The topological polar surface area (TPSA) is 52.4 Å². The molecule has 0 bridgehead atoms. The molecular formula is C23H34N4O2S. The molecule has 0 saturated carbocycles. The summed E-state index contributed by atoms with van der Waals surface area (Å²) in [7, 11) is 1.71. The van der Waals surface area contributed by atoms with E-state index in [0.29, 0.717) is 17.9 Å². The molecule has 0 N–H and O–H groups in total. The molecule has 4 rings (SSSR count). The predicted octanol–water partition coefficient (Wildman–Crippen LogP) is 4.38. The maximum Gasteiger partial charge on any atom is 0.195 e. The lowest BCUT2D eigenvalue weighted by atomic mass is 9.95. The summed E-state index contributed by atoms with van der Waals surface area (Å²) in [5.74, 6) is 4.01. The van der Waals surface area contributed by atoms with Gasteiger partial charge in [0, 0.05) is 30.9 Å². The third-order valence-corrected chi connectivity index (χ3v) is 7.03. The molecule has 1 aromatic heterocycles. The zero-order valence-corrected chi connectivity index (χ0v) is 19.2. The first-order valence-corrected chi connectivity index (χ1v) is 12.2. The van der Waals surface area contributed by atoms with Crippen LogP contribution >= 0.6 is 11.8 Å². The van der Waals surface area contributed by atoms with E-state index in [1.165, 1.54) is 6.54 Å². The van der Waals surface area contributed by atoms with Crippen molar-refractivity contribution in [3.63, 3.8) is 0 Å². The van der Waals surface area contributed by atoms with Crippen LogP contribution < -0.4 is 4.74 Å². The maximum absolute atomic E-state index is 5.82. The highest BCUT2D eigenvalue weighted by molar-refractivity contribution is 7.99. The monoisotopic (exact) mass is 430 g/mol. The van der Waals surface area contributed by atoms with Crippen LogP contribution in [0.15, 0.2) is 29.4 Å². The molecule has 1 atom stereocenters. The van der Waals surface area contributed by atoms with Crippen molar-refractivity contribution in [2.24, 2.45) is 5.92 Å². The Bertz CT molecular complexity index is 811. The van der Waals surface area contributed by atoms with Gasteiger partial charge in [-0.3, -0.25) is 4.57 Å². The van der Waals surface area contributed by atoms with Gasteiger partial charge in [0.15, 0.2) is 5.16 Å². The molecule has 2 aliphatic rings. The Morgan fingerprint density at radius 1 is 1.20 bits per heavy atom. The van der Waals surface area contributed by atoms with Crippen LogP contribution in [-0.4, -0.2) is 64.9 Å². The predicted molar refractivity (Wildman–Crippen MR) is 121 cm³/mol. The first kappa shape index (κ1) is 21.7. The maximum atomic E-state index is 5.82. The molecule has 6 nitrogen and oxygen atoms in total. The molecule has 2 aliphatic heterocycles. The van der Waals surface area contributed by atoms with Gasteiger partial charge in [-0.1, -0.05) is 31.7 Å². The van der Waals surface area contributed by atoms with Crippen molar-refractivity contribution in [1.82, 2.24) is 19.7 Å². The molecule has 0 aliphatic carbocycles. The third-order valence-electron chi connectivity index (χ3n) is 5.97. The minimum atomic E-state index is 0.327. The summed E-state index contributed by atoms with van der Waals surface area (Å²) in [6, 6.07) is 8.23. The van der Waals surface area contributed by atoms with E-state index in [4.69, 9.17) is 14.6 Å². The van der Waals surface area contributed by atoms with Crippen LogP contribution in [0.1, 0.15) is 51.3 Å². The third kappa shape index (κ3) is 5.18. The van der Waals surface area contributed by atoms with Gasteiger partial charge in [-0.2, -0.15) is 0 Å². The molecule has 30 heavy (non-hydrogen) atoms. The fraction of sp³-hybridized carbons (Fsp3) is 0.652. The minimum absolute atomic E-state index is 0.327. The van der Waals surface area contributed by atoms with Crippen LogP contribution in [-0.2, 0) is 4.74 Å². The lowest BCUT2D eigenvalue weighted by molar-refractivity contribution is 0.129. The van der Waals surface area contributed by atoms with E-state index in [2.05, 4.69) is 40.5 Å². The van der Waals surface area contributed by atoms with Gasteiger partial charge in [0.1, 0.15) is 11.6 Å². The standard InChI is InChI=1S/C23H34N4O2S/c1-17(2)15-26-11-9-18(10-12-26)22-24-25-23(30-16-21-8-5-13-29-21)27(22)19-6-4-7-20(14-19)28-3/h4,6-7,14,17-18,21H,5,8-13,15-16H2,1-3H3. The van der Waals surface area contributed by atoms with Crippen molar-refractivity contribution in [2.75, 3.05) is 39.1 Å². The van der Waals surface area contributed by atoms with Gasteiger partial charge in [-0.15, -0.1) is 10.2 Å². The zero-order valence-electron chi connectivity index (χ0n) is 18.4. The van der Waals surface area contributed by atoms with E-state index in [9.17, 15) is 0 Å². The number of nitrogens with zero attached hydrogens (tertiary/aromatic N) is 4. The van der Waals surface area contributed by atoms with Crippen molar-refractivity contribution < 1.29 is 9.47 Å². The van der Waals surface area contributed by atoms with E-state index in [0.717, 1.165) is 73.6 Å². The van der Waals surface area contributed by atoms with Crippen LogP contribution in [0.3, 0.4) is 0 Å². The highest BCUT2D eigenvalue weighted by Gasteiger charge is 2.28. The molecule has 7 heteroatoms. The first-order valence-electron chi connectivity index (χ1n) is 11.2. The number of hydrogen-bond donors (Lipinski definition) is 0. The first-order chi connectivity index (χ1) is 14.6. The van der Waals surface area contributed by atoms with Crippen molar-refractivity contribution >= 4 is 11.8 Å². The second-order valence-corrected chi connectivity index (χ2v) is 9.78. The second-order valence-electron chi connectivity index (χ2n) is 8.79. The Kier molecular flexibility index (Phi) is 7.33. The lowest BCUT2D eigenvalue weighted by Crippen LogP contribution is -2.36. The molecule has 2 saturated heterocycles. The van der Waals surface area contributed by atoms with Crippen LogP contribution in [0.2, 0.25) is 0 Å². The van der Waals surface area contributed by atoms with Gasteiger partial charge in [0.05, 0.1) is 18.9 Å². The number of rotatable bonds is 8. The number of aromatic nitrogens is 3. The summed E-state index contributed by atoms with van der Waals surface area (Å²) in [4.78, 5) is 2.58.